The Morgan fingerprint density at radius 1 is 1.33 bits per heavy atom. The van der Waals surface area contributed by atoms with Crippen LogP contribution in [0.5, 0.6) is 0 Å². The van der Waals surface area contributed by atoms with Gasteiger partial charge in [0.1, 0.15) is 0 Å². The first-order valence-corrected chi connectivity index (χ1v) is 3.92. The summed E-state index contributed by atoms with van der Waals surface area (Å²) < 4.78 is 0. The van der Waals surface area contributed by atoms with Gasteiger partial charge >= 0.3 is 0 Å². The Morgan fingerprint density at radius 3 is 2.22 bits per heavy atom. The lowest BCUT2D eigenvalue weighted by atomic mass is 10.0. The van der Waals surface area contributed by atoms with E-state index in [0.29, 0.717) is 6.04 Å². The largest absolute Gasteiger partial charge is 0.328 e. The van der Waals surface area contributed by atoms with E-state index in [0.717, 1.165) is 5.92 Å². The molecule has 1 heteroatoms. The smallest absolute Gasteiger partial charge is 0.00411 e. The molecule has 0 saturated carbocycles. The zero-order valence-electron chi connectivity index (χ0n) is 6.85. The third kappa shape index (κ3) is 5.84. The van der Waals surface area contributed by atoms with Crippen molar-refractivity contribution in [2.24, 2.45) is 11.7 Å². The standard InChI is InChI=1S/C8H19N/c1-4-5-8(9)6-7(2)3/h7-8H,4-6,9H2,1-3H3/t8-/m1/s1. The molecule has 0 heterocycles. The lowest BCUT2D eigenvalue weighted by molar-refractivity contribution is 0.470. The Bertz CT molecular complexity index is 59.6. The zero-order valence-corrected chi connectivity index (χ0v) is 6.85. The number of nitrogens with two attached hydrogens (primary N) is 1. The molecule has 0 rings (SSSR count). The molecular weight excluding hydrogens is 110 g/mol. The summed E-state index contributed by atoms with van der Waals surface area (Å²) in [5, 5.41) is 0. The van der Waals surface area contributed by atoms with Gasteiger partial charge in [0.25, 0.3) is 0 Å². The van der Waals surface area contributed by atoms with Gasteiger partial charge in [0, 0.05) is 6.04 Å². The first kappa shape index (κ1) is 8.96. The van der Waals surface area contributed by atoms with Crippen LogP contribution in [-0.2, 0) is 0 Å². The summed E-state index contributed by atoms with van der Waals surface area (Å²) >= 11 is 0. The van der Waals surface area contributed by atoms with Crippen LogP contribution in [-0.4, -0.2) is 6.04 Å². The van der Waals surface area contributed by atoms with Crippen molar-refractivity contribution in [2.45, 2.75) is 46.1 Å². The highest BCUT2D eigenvalue weighted by molar-refractivity contribution is 4.61. The molecule has 2 N–H and O–H groups in total. The van der Waals surface area contributed by atoms with Crippen molar-refractivity contribution in [1.29, 1.82) is 0 Å². The quantitative estimate of drug-likeness (QED) is 0.618. The molecule has 0 aromatic carbocycles. The van der Waals surface area contributed by atoms with Gasteiger partial charge in [0.2, 0.25) is 0 Å². The fourth-order valence-corrected chi connectivity index (χ4v) is 1.09. The van der Waals surface area contributed by atoms with E-state index in [4.69, 9.17) is 5.73 Å². The van der Waals surface area contributed by atoms with Crippen LogP contribution in [0.3, 0.4) is 0 Å². The van der Waals surface area contributed by atoms with Gasteiger partial charge in [-0.1, -0.05) is 27.2 Å². The van der Waals surface area contributed by atoms with E-state index in [2.05, 4.69) is 20.8 Å². The molecule has 1 nitrogen and oxygen atoms in total. The van der Waals surface area contributed by atoms with Crippen LogP contribution >= 0.6 is 0 Å². The molecule has 9 heavy (non-hydrogen) atoms. The van der Waals surface area contributed by atoms with Gasteiger partial charge in [-0.25, -0.2) is 0 Å². The van der Waals surface area contributed by atoms with Crippen LogP contribution in [0, 0.1) is 5.92 Å². The van der Waals surface area contributed by atoms with Gasteiger partial charge in [-0.3, -0.25) is 0 Å². The summed E-state index contributed by atoms with van der Waals surface area (Å²) in [4.78, 5) is 0. The Labute approximate surface area is 58.6 Å². The lowest BCUT2D eigenvalue weighted by Gasteiger charge is -2.11. The second kappa shape index (κ2) is 4.80. The minimum absolute atomic E-state index is 0.440. The van der Waals surface area contributed by atoms with Crippen molar-refractivity contribution in [3.8, 4) is 0 Å². The Morgan fingerprint density at radius 2 is 1.89 bits per heavy atom. The van der Waals surface area contributed by atoms with E-state index < -0.39 is 0 Å². The van der Waals surface area contributed by atoms with Crippen molar-refractivity contribution in [3.63, 3.8) is 0 Å². The number of hydrogen-bond donors (Lipinski definition) is 1. The second-order valence-electron chi connectivity index (χ2n) is 3.18. The lowest BCUT2D eigenvalue weighted by Crippen LogP contribution is -2.21. The predicted octanol–water partition coefficient (Wildman–Crippen LogP) is 2.16. The normalized spacial score (nSPS) is 14.3. The molecule has 0 radical (unpaired) electrons. The Hall–Kier alpha value is -0.0400. The molecule has 0 bridgehead atoms. The minimum Gasteiger partial charge on any atom is -0.328 e. The van der Waals surface area contributed by atoms with E-state index >= 15 is 0 Å². The monoisotopic (exact) mass is 129 g/mol. The molecule has 0 saturated heterocycles. The molecular formula is C8H19N. The first-order chi connectivity index (χ1) is 4.16. The Kier molecular flexibility index (Phi) is 4.78. The maximum Gasteiger partial charge on any atom is 0.00411 e. The van der Waals surface area contributed by atoms with Crippen LogP contribution in [0.1, 0.15) is 40.0 Å². The van der Waals surface area contributed by atoms with Gasteiger partial charge in [-0.15, -0.1) is 0 Å². The van der Waals surface area contributed by atoms with Gasteiger partial charge in [0.05, 0.1) is 0 Å². The maximum absolute atomic E-state index is 5.79. The summed E-state index contributed by atoms with van der Waals surface area (Å²) in [7, 11) is 0. The number of hydrogen-bond acceptors (Lipinski definition) is 1. The Balaban J connectivity index is 3.15. The van der Waals surface area contributed by atoms with E-state index in [1.165, 1.54) is 19.3 Å². The molecule has 0 unspecified atom stereocenters. The van der Waals surface area contributed by atoms with Crippen LogP contribution in [0.4, 0.5) is 0 Å². The third-order valence-electron chi connectivity index (χ3n) is 1.43. The van der Waals surface area contributed by atoms with E-state index in [1.807, 2.05) is 0 Å². The van der Waals surface area contributed by atoms with E-state index in [9.17, 15) is 0 Å². The number of rotatable bonds is 4. The molecule has 0 aliphatic carbocycles. The summed E-state index contributed by atoms with van der Waals surface area (Å²) in [5.74, 6) is 0.756. The summed E-state index contributed by atoms with van der Waals surface area (Å²) in [5.41, 5.74) is 5.79. The molecule has 0 aliphatic heterocycles. The molecule has 56 valence electrons. The molecule has 0 aliphatic rings. The highest BCUT2D eigenvalue weighted by atomic mass is 14.6. The molecule has 0 spiro atoms. The molecule has 0 aromatic heterocycles. The highest BCUT2D eigenvalue weighted by Gasteiger charge is 2.02. The average molecular weight is 129 g/mol. The van der Waals surface area contributed by atoms with Gasteiger partial charge in [-0.05, 0) is 18.8 Å². The predicted molar refractivity (Wildman–Crippen MR) is 42.3 cm³/mol. The fraction of sp³-hybridized carbons (Fsp3) is 1.00. The van der Waals surface area contributed by atoms with Crippen LogP contribution in [0.15, 0.2) is 0 Å². The molecule has 0 amide bonds. The fourth-order valence-electron chi connectivity index (χ4n) is 1.09. The zero-order chi connectivity index (χ0) is 7.28. The average Bonchev–Trinajstić information content (AvgIpc) is 1.63. The third-order valence-corrected chi connectivity index (χ3v) is 1.43. The van der Waals surface area contributed by atoms with Crippen LogP contribution < -0.4 is 5.73 Å². The van der Waals surface area contributed by atoms with Crippen molar-refractivity contribution in [1.82, 2.24) is 0 Å². The van der Waals surface area contributed by atoms with Gasteiger partial charge in [0.15, 0.2) is 0 Å². The second-order valence-corrected chi connectivity index (χ2v) is 3.18. The topological polar surface area (TPSA) is 26.0 Å². The summed E-state index contributed by atoms with van der Waals surface area (Å²) in [6.45, 7) is 6.62. The van der Waals surface area contributed by atoms with Crippen molar-refractivity contribution >= 4 is 0 Å². The molecule has 0 aromatic rings. The van der Waals surface area contributed by atoms with Crippen LogP contribution in [0.2, 0.25) is 0 Å². The summed E-state index contributed by atoms with van der Waals surface area (Å²) in [6.07, 6.45) is 3.57. The van der Waals surface area contributed by atoms with Gasteiger partial charge in [-0.2, -0.15) is 0 Å². The first-order valence-electron chi connectivity index (χ1n) is 3.92. The minimum atomic E-state index is 0.440. The van der Waals surface area contributed by atoms with Crippen LogP contribution in [0.25, 0.3) is 0 Å². The van der Waals surface area contributed by atoms with Crippen molar-refractivity contribution < 1.29 is 0 Å². The van der Waals surface area contributed by atoms with Gasteiger partial charge < -0.3 is 5.73 Å². The van der Waals surface area contributed by atoms with Crippen molar-refractivity contribution in [3.05, 3.63) is 0 Å². The SMILES string of the molecule is CCC[C@@H](N)CC(C)C. The highest BCUT2D eigenvalue weighted by Crippen LogP contribution is 2.06. The van der Waals surface area contributed by atoms with E-state index in [1.54, 1.807) is 0 Å². The van der Waals surface area contributed by atoms with E-state index in [-0.39, 0.29) is 0 Å². The molecule has 0 fully saturated rings. The molecule has 1 atom stereocenters. The summed E-state index contributed by atoms with van der Waals surface area (Å²) in [6, 6.07) is 0.440. The maximum atomic E-state index is 5.79. The van der Waals surface area contributed by atoms with Crippen molar-refractivity contribution in [2.75, 3.05) is 0 Å².